The second kappa shape index (κ2) is 6.36. The molecule has 0 saturated carbocycles. The highest BCUT2D eigenvalue weighted by Gasteiger charge is 2.03. The minimum absolute atomic E-state index is 0.791. The molecule has 3 nitrogen and oxygen atoms in total. The number of rotatable bonds is 6. The Morgan fingerprint density at radius 2 is 2.11 bits per heavy atom. The number of hydrogen-bond acceptors (Lipinski definition) is 3. The zero-order valence-corrected chi connectivity index (χ0v) is 12.5. The van der Waals surface area contributed by atoms with Crippen molar-refractivity contribution in [1.29, 1.82) is 0 Å². The second-order valence-electron chi connectivity index (χ2n) is 4.73. The van der Waals surface area contributed by atoms with Crippen molar-refractivity contribution in [2.24, 2.45) is 0 Å². The van der Waals surface area contributed by atoms with Crippen molar-refractivity contribution in [3.8, 4) is 0 Å². The van der Waals surface area contributed by atoms with E-state index in [0.717, 1.165) is 47.3 Å². The molecule has 0 saturated heterocycles. The van der Waals surface area contributed by atoms with Gasteiger partial charge in [-0.2, -0.15) is 0 Å². The van der Waals surface area contributed by atoms with Gasteiger partial charge < -0.3 is 14.6 Å². The Kier molecular flexibility index (Phi) is 4.80. The van der Waals surface area contributed by atoms with E-state index in [1.807, 2.05) is 12.1 Å². The summed E-state index contributed by atoms with van der Waals surface area (Å²) in [5, 5.41) is 4.55. The first kappa shape index (κ1) is 13.6. The van der Waals surface area contributed by atoms with Gasteiger partial charge in [-0.05, 0) is 57.9 Å². The quantitative estimate of drug-likeness (QED) is 0.830. The number of hydrogen-bond donors (Lipinski definition) is 1. The van der Waals surface area contributed by atoms with Crippen molar-refractivity contribution >= 4 is 26.9 Å². The largest absolute Gasteiger partial charge is 0.460 e. The molecule has 0 spiro atoms. The Balaban J connectivity index is 1.84. The van der Waals surface area contributed by atoms with E-state index in [0.29, 0.717) is 0 Å². The van der Waals surface area contributed by atoms with Crippen LogP contribution in [0.4, 0.5) is 0 Å². The highest BCUT2D eigenvalue weighted by Crippen LogP contribution is 2.23. The van der Waals surface area contributed by atoms with E-state index >= 15 is 0 Å². The van der Waals surface area contributed by atoms with Crippen molar-refractivity contribution in [3.63, 3.8) is 0 Å². The Labute approximate surface area is 116 Å². The van der Waals surface area contributed by atoms with Crippen LogP contribution in [0, 0.1) is 0 Å². The highest BCUT2D eigenvalue weighted by atomic mass is 79.9. The van der Waals surface area contributed by atoms with Crippen LogP contribution in [0.3, 0.4) is 0 Å². The number of furan rings is 1. The van der Waals surface area contributed by atoms with Crippen LogP contribution >= 0.6 is 15.9 Å². The maximum absolute atomic E-state index is 5.76. The van der Waals surface area contributed by atoms with E-state index in [1.165, 1.54) is 0 Å². The third kappa shape index (κ3) is 3.83. The van der Waals surface area contributed by atoms with Crippen molar-refractivity contribution in [2.75, 3.05) is 27.2 Å². The molecule has 0 radical (unpaired) electrons. The summed E-state index contributed by atoms with van der Waals surface area (Å²) in [6.07, 6.45) is 1.15. The maximum Gasteiger partial charge on any atom is 0.134 e. The first-order valence-electron chi connectivity index (χ1n) is 6.18. The Morgan fingerprint density at radius 1 is 1.28 bits per heavy atom. The topological polar surface area (TPSA) is 28.4 Å². The third-order valence-corrected chi connectivity index (χ3v) is 3.28. The fourth-order valence-electron chi connectivity index (χ4n) is 1.89. The molecule has 1 aromatic carbocycles. The zero-order valence-electron chi connectivity index (χ0n) is 10.9. The fourth-order valence-corrected chi connectivity index (χ4v) is 2.27. The van der Waals surface area contributed by atoms with E-state index in [-0.39, 0.29) is 0 Å². The van der Waals surface area contributed by atoms with Crippen molar-refractivity contribution in [2.45, 2.75) is 13.0 Å². The van der Waals surface area contributed by atoms with Crippen LogP contribution in [0.25, 0.3) is 11.0 Å². The molecule has 1 aromatic heterocycles. The van der Waals surface area contributed by atoms with Crippen LogP contribution in [0.1, 0.15) is 12.2 Å². The molecule has 2 rings (SSSR count). The molecule has 18 heavy (non-hydrogen) atoms. The molecule has 4 heteroatoms. The lowest BCUT2D eigenvalue weighted by Gasteiger charge is -2.08. The van der Waals surface area contributed by atoms with E-state index in [4.69, 9.17) is 4.42 Å². The van der Waals surface area contributed by atoms with Crippen LogP contribution in [0.15, 0.2) is 33.2 Å². The molecule has 1 heterocycles. The number of benzene rings is 1. The summed E-state index contributed by atoms with van der Waals surface area (Å²) in [5.41, 5.74) is 0.947. The summed E-state index contributed by atoms with van der Waals surface area (Å²) in [7, 11) is 4.19. The molecule has 2 aromatic rings. The van der Waals surface area contributed by atoms with Gasteiger partial charge in [0.1, 0.15) is 11.3 Å². The zero-order chi connectivity index (χ0) is 13.0. The van der Waals surface area contributed by atoms with Crippen molar-refractivity contribution < 1.29 is 4.42 Å². The lowest BCUT2D eigenvalue weighted by Crippen LogP contribution is -2.20. The van der Waals surface area contributed by atoms with Gasteiger partial charge in [-0.3, -0.25) is 0 Å². The van der Waals surface area contributed by atoms with Crippen molar-refractivity contribution in [1.82, 2.24) is 10.2 Å². The minimum atomic E-state index is 0.791. The molecular formula is C14H19BrN2O. The number of fused-ring (bicyclic) bond motifs is 1. The Bertz CT molecular complexity index is 507. The van der Waals surface area contributed by atoms with Crippen LogP contribution in [-0.4, -0.2) is 32.1 Å². The third-order valence-electron chi connectivity index (χ3n) is 2.79. The smallest absolute Gasteiger partial charge is 0.134 e. The first-order valence-corrected chi connectivity index (χ1v) is 6.98. The van der Waals surface area contributed by atoms with Gasteiger partial charge in [0, 0.05) is 9.86 Å². The Hall–Kier alpha value is -0.840. The highest BCUT2D eigenvalue weighted by molar-refractivity contribution is 9.10. The number of halogens is 1. The van der Waals surface area contributed by atoms with Gasteiger partial charge in [0.15, 0.2) is 0 Å². The molecule has 0 bridgehead atoms. The average Bonchev–Trinajstić information content (AvgIpc) is 2.70. The summed E-state index contributed by atoms with van der Waals surface area (Å²) in [6, 6.07) is 8.17. The molecule has 0 atom stereocenters. The van der Waals surface area contributed by atoms with Gasteiger partial charge >= 0.3 is 0 Å². The van der Waals surface area contributed by atoms with Gasteiger partial charge in [-0.15, -0.1) is 0 Å². The molecule has 0 fully saturated rings. The minimum Gasteiger partial charge on any atom is -0.460 e. The first-order chi connectivity index (χ1) is 8.65. The lowest BCUT2D eigenvalue weighted by atomic mass is 10.2. The van der Waals surface area contributed by atoms with Gasteiger partial charge in [-0.1, -0.05) is 15.9 Å². The van der Waals surface area contributed by atoms with Gasteiger partial charge in [-0.25, -0.2) is 0 Å². The van der Waals surface area contributed by atoms with E-state index < -0.39 is 0 Å². The number of nitrogens with one attached hydrogen (secondary N) is 1. The van der Waals surface area contributed by atoms with Crippen LogP contribution in [0.2, 0.25) is 0 Å². The normalized spacial score (nSPS) is 11.6. The molecule has 0 amide bonds. The van der Waals surface area contributed by atoms with Crippen molar-refractivity contribution in [3.05, 3.63) is 34.5 Å². The van der Waals surface area contributed by atoms with Crippen LogP contribution in [-0.2, 0) is 6.54 Å². The molecular weight excluding hydrogens is 292 g/mol. The van der Waals surface area contributed by atoms with Gasteiger partial charge in [0.25, 0.3) is 0 Å². The predicted octanol–water partition coefficient (Wildman–Crippen LogP) is 3.24. The van der Waals surface area contributed by atoms with Crippen LogP contribution in [0.5, 0.6) is 0 Å². The van der Waals surface area contributed by atoms with Gasteiger partial charge in [0.05, 0.1) is 6.54 Å². The summed E-state index contributed by atoms with van der Waals surface area (Å²) in [5.74, 6) is 0.993. The monoisotopic (exact) mass is 310 g/mol. The summed E-state index contributed by atoms with van der Waals surface area (Å²) < 4.78 is 6.84. The summed E-state index contributed by atoms with van der Waals surface area (Å²) >= 11 is 3.47. The maximum atomic E-state index is 5.76. The molecule has 0 unspecified atom stereocenters. The molecule has 0 aliphatic heterocycles. The molecule has 0 aliphatic carbocycles. The SMILES string of the molecule is CN(C)CCCNCc1cc2cc(Br)ccc2o1. The molecule has 0 aliphatic rings. The molecule has 1 N–H and O–H groups in total. The van der Waals surface area contributed by atoms with E-state index in [2.05, 4.69) is 52.4 Å². The number of nitrogens with zero attached hydrogens (tertiary/aromatic N) is 1. The summed E-state index contributed by atoms with van der Waals surface area (Å²) in [4.78, 5) is 2.19. The predicted molar refractivity (Wildman–Crippen MR) is 78.8 cm³/mol. The molecule has 98 valence electrons. The van der Waals surface area contributed by atoms with E-state index in [9.17, 15) is 0 Å². The Morgan fingerprint density at radius 3 is 2.89 bits per heavy atom. The van der Waals surface area contributed by atoms with E-state index in [1.54, 1.807) is 0 Å². The van der Waals surface area contributed by atoms with Gasteiger partial charge in [0.2, 0.25) is 0 Å². The summed E-state index contributed by atoms with van der Waals surface area (Å²) in [6.45, 7) is 2.92. The average molecular weight is 311 g/mol. The standard InChI is InChI=1S/C14H19BrN2O/c1-17(2)7-3-6-16-10-13-9-11-8-12(15)4-5-14(11)18-13/h4-5,8-9,16H,3,6-7,10H2,1-2H3. The second-order valence-corrected chi connectivity index (χ2v) is 5.64. The van der Waals surface area contributed by atoms with Crippen LogP contribution < -0.4 is 5.32 Å². The lowest BCUT2D eigenvalue weighted by molar-refractivity contribution is 0.391. The fraction of sp³-hybridized carbons (Fsp3) is 0.429.